The van der Waals surface area contributed by atoms with Gasteiger partial charge in [-0.2, -0.15) is 0 Å². The summed E-state index contributed by atoms with van der Waals surface area (Å²) in [5.41, 5.74) is 0.736. The Morgan fingerprint density at radius 1 is 1.30 bits per heavy atom. The molecule has 20 heavy (non-hydrogen) atoms. The normalized spacial score (nSPS) is 14.2. The second kappa shape index (κ2) is 6.85. The molecule has 1 fully saturated rings. The van der Waals surface area contributed by atoms with Crippen LogP contribution in [-0.4, -0.2) is 42.9 Å². The van der Waals surface area contributed by atoms with Crippen LogP contribution in [0.15, 0.2) is 28.7 Å². The van der Waals surface area contributed by atoms with Gasteiger partial charge in [0.15, 0.2) is 0 Å². The van der Waals surface area contributed by atoms with Crippen molar-refractivity contribution >= 4 is 33.4 Å². The van der Waals surface area contributed by atoms with Crippen molar-refractivity contribution in [3.8, 4) is 0 Å². The number of amides is 2. The van der Waals surface area contributed by atoms with Gasteiger partial charge in [-0.05, 0) is 38.1 Å². The van der Waals surface area contributed by atoms with Gasteiger partial charge in [0.25, 0.3) is 0 Å². The topological polar surface area (TPSA) is 61.4 Å². The van der Waals surface area contributed by atoms with Gasteiger partial charge in [0.1, 0.15) is 0 Å². The fourth-order valence-electron chi connectivity index (χ4n) is 1.81. The number of hydrogen-bond donors (Lipinski definition) is 2. The van der Waals surface area contributed by atoms with Crippen molar-refractivity contribution < 1.29 is 9.59 Å². The summed E-state index contributed by atoms with van der Waals surface area (Å²) in [5.74, 6) is -0.157. The maximum absolute atomic E-state index is 11.9. The molecule has 0 spiro atoms. The highest BCUT2D eigenvalue weighted by Crippen LogP contribution is 2.18. The number of carbonyl (C=O) groups excluding carboxylic acids is 2. The minimum absolute atomic E-state index is 0.0229. The van der Waals surface area contributed by atoms with Crippen molar-refractivity contribution in [3.05, 3.63) is 28.7 Å². The number of hydrogen-bond acceptors (Lipinski definition) is 3. The number of nitrogens with zero attached hydrogens (tertiary/aromatic N) is 1. The average Bonchev–Trinajstić information content (AvgIpc) is 3.11. The molecule has 0 saturated heterocycles. The molecule has 0 aromatic heterocycles. The van der Waals surface area contributed by atoms with Crippen LogP contribution in [0.3, 0.4) is 0 Å². The second-order valence-corrected chi connectivity index (χ2v) is 5.99. The summed E-state index contributed by atoms with van der Waals surface area (Å²) < 4.78 is 0.910. The Labute approximate surface area is 126 Å². The Kier molecular flexibility index (Phi) is 5.14. The third-order valence-corrected chi connectivity index (χ3v) is 3.37. The van der Waals surface area contributed by atoms with Gasteiger partial charge in [-0.15, -0.1) is 0 Å². The molecular weight excluding hydrogens is 322 g/mol. The number of anilines is 1. The first-order valence-electron chi connectivity index (χ1n) is 6.56. The van der Waals surface area contributed by atoms with E-state index in [2.05, 4.69) is 26.6 Å². The standard InChI is InChI=1S/C14H18BrN3O2/c1-18(8-13(19)16-11-5-6-11)9-14(20)17-12-4-2-3-10(15)7-12/h2-4,7,11H,5-6,8-9H2,1H3,(H,16,19)(H,17,20). The fraction of sp³-hybridized carbons (Fsp3) is 0.429. The summed E-state index contributed by atoms with van der Waals surface area (Å²) in [4.78, 5) is 25.1. The van der Waals surface area contributed by atoms with E-state index in [0.29, 0.717) is 6.04 Å². The van der Waals surface area contributed by atoms with Crippen molar-refractivity contribution in [3.63, 3.8) is 0 Å². The molecule has 0 heterocycles. The van der Waals surface area contributed by atoms with E-state index in [-0.39, 0.29) is 24.9 Å². The second-order valence-electron chi connectivity index (χ2n) is 5.07. The largest absolute Gasteiger partial charge is 0.352 e. The molecule has 1 aliphatic rings. The maximum Gasteiger partial charge on any atom is 0.238 e. The van der Waals surface area contributed by atoms with Gasteiger partial charge in [0, 0.05) is 16.2 Å². The van der Waals surface area contributed by atoms with Gasteiger partial charge < -0.3 is 10.6 Å². The first-order valence-corrected chi connectivity index (χ1v) is 7.35. The molecule has 2 amide bonds. The van der Waals surface area contributed by atoms with Crippen LogP contribution in [-0.2, 0) is 9.59 Å². The van der Waals surface area contributed by atoms with Gasteiger partial charge in [0.2, 0.25) is 11.8 Å². The Bertz CT molecular complexity index is 503. The Morgan fingerprint density at radius 2 is 2.00 bits per heavy atom. The predicted molar refractivity (Wildman–Crippen MR) is 81.4 cm³/mol. The van der Waals surface area contributed by atoms with Crippen LogP contribution in [0.4, 0.5) is 5.69 Å². The molecular formula is C14H18BrN3O2. The molecule has 5 nitrogen and oxygen atoms in total. The lowest BCUT2D eigenvalue weighted by molar-refractivity contribution is -0.123. The summed E-state index contributed by atoms with van der Waals surface area (Å²) in [7, 11) is 1.76. The fourth-order valence-corrected chi connectivity index (χ4v) is 2.21. The number of halogens is 1. The monoisotopic (exact) mass is 339 g/mol. The van der Waals surface area contributed by atoms with Crippen LogP contribution in [0.1, 0.15) is 12.8 Å². The first kappa shape index (κ1) is 15.0. The average molecular weight is 340 g/mol. The molecule has 1 aliphatic carbocycles. The molecule has 0 bridgehead atoms. The number of carbonyl (C=O) groups is 2. The summed E-state index contributed by atoms with van der Waals surface area (Å²) in [6.45, 7) is 0.424. The minimum Gasteiger partial charge on any atom is -0.352 e. The summed E-state index contributed by atoms with van der Waals surface area (Å²) >= 11 is 3.35. The number of rotatable bonds is 6. The zero-order valence-electron chi connectivity index (χ0n) is 11.4. The molecule has 2 rings (SSSR count). The molecule has 6 heteroatoms. The van der Waals surface area contributed by atoms with E-state index in [4.69, 9.17) is 0 Å². The van der Waals surface area contributed by atoms with E-state index in [1.54, 1.807) is 11.9 Å². The molecule has 108 valence electrons. The quantitative estimate of drug-likeness (QED) is 0.827. The number of likely N-dealkylation sites (N-methyl/N-ethyl adjacent to an activating group) is 1. The lowest BCUT2D eigenvalue weighted by atomic mass is 10.3. The Hall–Kier alpha value is -1.40. The molecule has 0 aliphatic heterocycles. The summed E-state index contributed by atoms with van der Waals surface area (Å²) in [6.07, 6.45) is 2.14. The van der Waals surface area contributed by atoms with Gasteiger partial charge in [0.05, 0.1) is 13.1 Å². The highest BCUT2D eigenvalue weighted by molar-refractivity contribution is 9.10. The maximum atomic E-state index is 11.9. The van der Waals surface area contributed by atoms with E-state index >= 15 is 0 Å². The lowest BCUT2D eigenvalue weighted by Crippen LogP contribution is -2.39. The molecule has 0 unspecified atom stereocenters. The zero-order chi connectivity index (χ0) is 14.5. The van der Waals surface area contributed by atoms with E-state index in [1.807, 2.05) is 24.3 Å². The molecule has 1 aromatic rings. The van der Waals surface area contributed by atoms with Crippen LogP contribution in [0.25, 0.3) is 0 Å². The summed E-state index contributed by atoms with van der Waals surface area (Å²) in [5, 5.41) is 5.69. The van der Waals surface area contributed by atoms with E-state index in [0.717, 1.165) is 23.0 Å². The Morgan fingerprint density at radius 3 is 2.65 bits per heavy atom. The van der Waals surface area contributed by atoms with Gasteiger partial charge in [-0.1, -0.05) is 22.0 Å². The number of nitrogens with one attached hydrogen (secondary N) is 2. The van der Waals surface area contributed by atoms with Crippen molar-refractivity contribution in [2.45, 2.75) is 18.9 Å². The minimum atomic E-state index is -0.134. The van der Waals surface area contributed by atoms with E-state index < -0.39 is 0 Å². The molecule has 0 radical (unpaired) electrons. The predicted octanol–water partition coefficient (Wildman–Crippen LogP) is 1.60. The van der Waals surface area contributed by atoms with Gasteiger partial charge in [-0.3, -0.25) is 14.5 Å². The third kappa shape index (κ3) is 5.30. The highest BCUT2D eigenvalue weighted by Gasteiger charge is 2.23. The Balaban J connectivity index is 1.74. The smallest absolute Gasteiger partial charge is 0.238 e. The van der Waals surface area contributed by atoms with Crippen molar-refractivity contribution in [1.29, 1.82) is 0 Å². The van der Waals surface area contributed by atoms with Crippen LogP contribution in [0.5, 0.6) is 0 Å². The van der Waals surface area contributed by atoms with Gasteiger partial charge >= 0.3 is 0 Å². The van der Waals surface area contributed by atoms with Crippen molar-refractivity contribution in [2.24, 2.45) is 0 Å². The zero-order valence-corrected chi connectivity index (χ0v) is 12.9. The molecule has 1 aromatic carbocycles. The number of benzene rings is 1. The molecule has 0 atom stereocenters. The molecule has 2 N–H and O–H groups in total. The first-order chi connectivity index (χ1) is 9.52. The summed E-state index contributed by atoms with van der Waals surface area (Å²) in [6, 6.07) is 7.75. The van der Waals surface area contributed by atoms with Crippen LogP contribution >= 0.6 is 15.9 Å². The van der Waals surface area contributed by atoms with Gasteiger partial charge in [-0.25, -0.2) is 0 Å². The van der Waals surface area contributed by atoms with Crippen LogP contribution in [0.2, 0.25) is 0 Å². The van der Waals surface area contributed by atoms with Crippen LogP contribution < -0.4 is 10.6 Å². The SMILES string of the molecule is CN(CC(=O)Nc1cccc(Br)c1)CC(=O)NC1CC1. The lowest BCUT2D eigenvalue weighted by Gasteiger charge is -2.16. The van der Waals surface area contributed by atoms with Crippen LogP contribution in [0, 0.1) is 0 Å². The highest BCUT2D eigenvalue weighted by atomic mass is 79.9. The van der Waals surface area contributed by atoms with Crippen molar-refractivity contribution in [2.75, 3.05) is 25.5 Å². The van der Waals surface area contributed by atoms with Crippen molar-refractivity contribution in [1.82, 2.24) is 10.2 Å². The van der Waals surface area contributed by atoms with E-state index in [1.165, 1.54) is 0 Å². The van der Waals surface area contributed by atoms with E-state index in [9.17, 15) is 9.59 Å². The third-order valence-electron chi connectivity index (χ3n) is 2.88. The molecule has 1 saturated carbocycles.